The molecule has 0 aromatic heterocycles. The average Bonchev–Trinajstić information content (AvgIpc) is 2.36. The van der Waals surface area contributed by atoms with Gasteiger partial charge in [0.25, 0.3) is 0 Å². The molecule has 102 valence electrons. The molecule has 0 bridgehead atoms. The Hall–Kier alpha value is -0.900. The van der Waals surface area contributed by atoms with Crippen LogP contribution in [0.1, 0.15) is 31.4 Å². The SMILES string of the molecule is CCCc1ccc(C(C)(O)CNCCOC)cc1. The monoisotopic (exact) mass is 251 g/mol. The van der Waals surface area contributed by atoms with Gasteiger partial charge in [-0.05, 0) is 24.5 Å². The average molecular weight is 251 g/mol. The molecular formula is C15H25NO2. The topological polar surface area (TPSA) is 41.5 Å². The van der Waals surface area contributed by atoms with Gasteiger partial charge in [-0.3, -0.25) is 0 Å². The minimum absolute atomic E-state index is 0.531. The first kappa shape index (κ1) is 15.2. The molecule has 2 N–H and O–H groups in total. The third-order valence-electron chi connectivity index (χ3n) is 3.07. The molecule has 0 aliphatic rings. The minimum Gasteiger partial charge on any atom is -0.384 e. The van der Waals surface area contributed by atoms with Crippen molar-refractivity contribution in [3.8, 4) is 0 Å². The van der Waals surface area contributed by atoms with Crippen LogP contribution in [0.4, 0.5) is 0 Å². The third-order valence-corrected chi connectivity index (χ3v) is 3.07. The smallest absolute Gasteiger partial charge is 0.0992 e. The quantitative estimate of drug-likeness (QED) is 0.695. The summed E-state index contributed by atoms with van der Waals surface area (Å²) in [6.45, 7) is 5.95. The molecule has 0 spiro atoms. The zero-order valence-electron chi connectivity index (χ0n) is 11.7. The van der Waals surface area contributed by atoms with Crippen LogP contribution in [0.2, 0.25) is 0 Å². The summed E-state index contributed by atoms with van der Waals surface area (Å²) >= 11 is 0. The van der Waals surface area contributed by atoms with Gasteiger partial charge in [0.1, 0.15) is 0 Å². The molecule has 0 fully saturated rings. The van der Waals surface area contributed by atoms with Crippen molar-refractivity contribution in [1.82, 2.24) is 5.32 Å². The Bertz CT molecular complexity index is 333. The molecule has 3 heteroatoms. The Morgan fingerprint density at radius 1 is 1.28 bits per heavy atom. The summed E-state index contributed by atoms with van der Waals surface area (Å²) < 4.78 is 4.96. The van der Waals surface area contributed by atoms with E-state index in [1.165, 1.54) is 5.56 Å². The standard InChI is InChI=1S/C15H25NO2/c1-4-5-13-6-8-14(9-7-13)15(2,17)12-16-10-11-18-3/h6-9,16-17H,4-5,10-12H2,1-3H3. The summed E-state index contributed by atoms with van der Waals surface area (Å²) in [5, 5.41) is 13.6. The van der Waals surface area contributed by atoms with Gasteiger partial charge in [-0.25, -0.2) is 0 Å². The van der Waals surface area contributed by atoms with E-state index < -0.39 is 5.60 Å². The van der Waals surface area contributed by atoms with Crippen molar-refractivity contribution >= 4 is 0 Å². The van der Waals surface area contributed by atoms with E-state index in [0.29, 0.717) is 13.2 Å². The van der Waals surface area contributed by atoms with E-state index in [0.717, 1.165) is 24.9 Å². The number of benzene rings is 1. The van der Waals surface area contributed by atoms with Gasteiger partial charge in [0.15, 0.2) is 0 Å². The van der Waals surface area contributed by atoms with Crippen LogP contribution in [-0.4, -0.2) is 31.9 Å². The highest BCUT2D eigenvalue weighted by molar-refractivity contribution is 5.27. The van der Waals surface area contributed by atoms with Gasteiger partial charge in [-0.15, -0.1) is 0 Å². The lowest BCUT2D eigenvalue weighted by atomic mass is 9.94. The van der Waals surface area contributed by atoms with Gasteiger partial charge in [0, 0.05) is 20.2 Å². The second kappa shape index (κ2) is 7.52. The van der Waals surface area contributed by atoms with Gasteiger partial charge < -0.3 is 15.2 Å². The van der Waals surface area contributed by atoms with Crippen molar-refractivity contribution < 1.29 is 9.84 Å². The van der Waals surface area contributed by atoms with E-state index in [4.69, 9.17) is 4.74 Å². The first-order valence-electron chi connectivity index (χ1n) is 6.61. The maximum absolute atomic E-state index is 10.4. The molecule has 1 rings (SSSR count). The molecule has 0 aliphatic carbocycles. The van der Waals surface area contributed by atoms with E-state index in [-0.39, 0.29) is 0 Å². The highest BCUT2D eigenvalue weighted by Gasteiger charge is 2.22. The van der Waals surface area contributed by atoms with Crippen LogP contribution >= 0.6 is 0 Å². The van der Waals surface area contributed by atoms with Crippen molar-refractivity contribution in [3.05, 3.63) is 35.4 Å². The molecule has 1 unspecified atom stereocenters. The Labute approximate surface area is 110 Å². The third kappa shape index (κ3) is 4.77. The van der Waals surface area contributed by atoms with Crippen LogP contribution in [0.15, 0.2) is 24.3 Å². The summed E-state index contributed by atoms with van der Waals surface area (Å²) in [5.41, 5.74) is 1.44. The molecule has 0 saturated heterocycles. The molecule has 0 saturated carbocycles. The van der Waals surface area contributed by atoms with E-state index >= 15 is 0 Å². The zero-order valence-corrected chi connectivity index (χ0v) is 11.7. The summed E-state index contributed by atoms with van der Waals surface area (Å²) in [5.74, 6) is 0. The van der Waals surface area contributed by atoms with E-state index in [9.17, 15) is 5.11 Å². The number of nitrogens with one attached hydrogen (secondary N) is 1. The predicted molar refractivity (Wildman–Crippen MR) is 74.8 cm³/mol. The predicted octanol–water partition coefficient (Wildman–Crippen LogP) is 2.08. The summed E-state index contributed by atoms with van der Waals surface area (Å²) in [4.78, 5) is 0. The molecule has 0 amide bonds. The second-order valence-corrected chi connectivity index (χ2v) is 4.89. The Balaban J connectivity index is 2.54. The maximum atomic E-state index is 10.4. The van der Waals surface area contributed by atoms with Crippen LogP contribution in [-0.2, 0) is 16.8 Å². The molecule has 0 radical (unpaired) electrons. The van der Waals surface area contributed by atoms with Crippen molar-refractivity contribution in [2.24, 2.45) is 0 Å². The van der Waals surface area contributed by atoms with Gasteiger partial charge in [0.05, 0.1) is 12.2 Å². The van der Waals surface area contributed by atoms with E-state index in [1.807, 2.05) is 19.1 Å². The zero-order chi connectivity index (χ0) is 13.4. The number of rotatable bonds is 8. The molecule has 18 heavy (non-hydrogen) atoms. The minimum atomic E-state index is -0.835. The Morgan fingerprint density at radius 2 is 1.94 bits per heavy atom. The number of methoxy groups -OCH3 is 1. The molecule has 0 aliphatic heterocycles. The summed E-state index contributed by atoms with van der Waals surface area (Å²) in [6.07, 6.45) is 2.24. The van der Waals surface area contributed by atoms with Crippen LogP contribution < -0.4 is 5.32 Å². The summed E-state index contributed by atoms with van der Waals surface area (Å²) in [7, 11) is 1.67. The highest BCUT2D eigenvalue weighted by Crippen LogP contribution is 2.20. The van der Waals surface area contributed by atoms with E-state index in [1.54, 1.807) is 7.11 Å². The van der Waals surface area contributed by atoms with Crippen LogP contribution in [0.3, 0.4) is 0 Å². The van der Waals surface area contributed by atoms with Crippen molar-refractivity contribution in [2.45, 2.75) is 32.3 Å². The summed E-state index contributed by atoms with van der Waals surface area (Å²) in [6, 6.07) is 8.23. The first-order valence-corrected chi connectivity index (χ1v) is 6.61. The highest BCUT2D eigenvalue weighted by atomic mass is 16.5. The molecule has 1 aromatic carbocycles. The normalized spacial score (nSPS) is 14.4. The fourth-order valence-electron chi connectivity index (χ4n) is 1.93. The molecular weight excluding hydrogens is 226 g/mol. The number of ether oxygens (including phenoxy) is 1. The van der Waals surface area contributed by atoms with Crippen LogP contribution in [0.5, 0.6) is 0 Å². The lowest BCUT2D eigenvalue weighted by molar-refractivity contribution is 0.0550. The number of hydrogen-bond donors (Lipinski definition) is 2. The van der Waals surface area contributed by atoms with Crippen molar-refractivity contribution in [2.75, 3.05) is 26.8 Å². The number of aryl methyl sites for hydroxylation is 1. The van der Waals surface area contributed by atoms with Crippen molar-refractivity contribution in [1.29, 1.82) is 0 Å². The lowest BCUT2D eigenvalue weighted by Gasteiger charge is -2.24. The van der Waals surface area contributed by atoms with Gasteiger partial charge >= 0.3 is 0 Å². The fourth-order valence-corrected chi connectivity index (χ4v) is 1.93. The largest absolute Gasteiger partial charge is 0.384 e. The first-order chi connectivity index (χ1) is 8.60. The van der Waals surface area contributed by atoms with Crippen LogP contribution in [0.25, 0.3) is 0 Å². The number of hydrogen-bond acceptors (Lipinski definition) is 3. The van der Waals surface area contributed by atoms with Gasteiger partial charge in [0.2, 0.25) is 0 Å². The molecule has 3 nitrogen and oxygen atoms in total. The number of aliphatic hydroxyl groups is 1. The van der Waals surface area contributed by atoms with Crippen LogP contribution in [0, 0.1) is 0 Å². The molecule has 1 aromatic rings. The van der Waals surface area contributed by atoms with Crippen molar-refractivity contribution in [3.63, 3.8) is 0 Å². The fraction of sp³-hybridized carbons (Fsp3) is 0.600. The van der Waals surface area contributed by atoms with Gasteiger partial charge in [-0.2, -0.15) is 0 Å². The molecule has 1 atom stereocenters. The lowest BCUT2D eigenvalue weighted by Crippen LogP contribution is -2.36. The molecule has 0 heterocycles. The van der Waals surface area contributed by atoms with E-state index in [2.05, 4.69) is 24.4 Å². The Kier molecular flexibility index (Phi) is 6.33. The van der Waals surface area contributed by atoms with Gasteiger partial charge in [-0.1, -0.05) is 37.6 Å². The maximum Gasteiger partial charge on any atom is 0.0992 e. The Morgan fingerprint density at radius 3 is 2.50 bits per heavy atom. The second-order valence-electron chi connectivity index (χ2n) is 4.89.